The smallest absolute Gasteiger partial charge is 0.254 e. The molecule has 14 heavy (non-hydrogen) atoms. The van der Waals surface area contributed by atoms with Crippen LogP contribution in [-0.4, -0.2) is 26.6 Å². The number of hydrogen-bond donors (Lipinski definition) is 2. The monoisotopic (exact) mass is 307 g/mol. The van der Waals surface area contributed by atoms with Crippen LogP contribution in [0.1, 0.15) is 24.2 Å². The van der Waals surface area contributed by atoms with Crippen molar-refractivity contribution in [3.05, 3.63) is 18.0 Å². The van der Waals surface area contributed by atoms with Crippen LogP contribution in [0.25, 0.3) is 0 Å². The van der Waals surface area contributed by atoms with Crippen molar-refractivity contribution in [3.63, 3.8) is 0 Å². The van der Waals surface area contributed by atoms with Crippen LogP contribution in [-0.2, 0) is 0 Å². The second-order valence-electron chi connectivity index (χ2n) is 3.47. The number of halogens is 1. The number of carbonyl (C=O) groups excluding carboxylic acids is 1. The molecule has 0 radical (unpaired) electrons. The molecular formula is C9H14IN3O. The predicted octanol–water partition coefficient (Wildman–Crippen LogP) is 1.60. The van der Waals surface area contributed by atoms with Gasteiger partial charge in [0, 0.05) is 16.7 Å². The first-order valence-electron chi connectivity index (χ1n) is 4.50. The van der Waals surface area contributed by atoms with Crippen LogP contribution in [0.3, 0.4) is 0 Å². The Morgan fingerprint density at radius 2 is 2.43 bits per heavy atom. The van der Waals surface area contributed by atoms with E-state index in [0.29, 0.717) is 11.5 Å². The Morgan fingerprint density at radius 3 is 2.86 bits per heavy atom. The van der Waals surface area contributed by atoms with E-state index >= 15 is 0 Å². The fourth-order valence-corrected chi connectivity index (χ4v) is 2.25. The zero-order chi connectivity index (χ0) is 10.6. The van der Waals surface area contributed by atoms with Gasteiger partial charge in [0.15, 0.2) is 0 Å². The van der Waals surface area contributed by atoms with Gasteiger partial charge in [0.2, 0.25) is 0 Å². The highest BCUT2D eigenvalue weighted by molar-refractivity contribution is 14.1. The van der Waals surface area contributed by atoms with Gasteiger partial charge in [-0.05, 0) is 5.92 Å². The fourth-order valence-electron chi connectivity index (χ4n) is 1.01. The molecule has 0 spiro atoms. The summed E-state index contributed by atoms with van der Waals surface area (Å²) in [7, 11) is 0. The first kappa shape index (κ1) is 11.5. The summed E-state index contributed by atoms with van der Waals surface area (Å²) in [4.78, 5) is 11.6. The minimum absolute atomic E-state index is 0.0610. The predicted molar refractivity (Wildman–Crippen MR) is 63.6 cm³/mol. The third-order valence-electron chi connectivity index (χ3n) is 2.05. The van der Waals surface area contributed by atoms with Crippen molar-refractivity contribution >= 4 is 28.5 Å². The quantitative estimate of drug-likeness (QED) is 0.656. The second-order valence-corrected chi connectivity index (χ2v) is 4.35. The van der Waals surface area contributed by atoms with E-state index in [1.165, 1.54) is 6.20 Å². The maximum atomic E-state index is 11.6. The summed E-state index contributed by atoms with van der Waals surface area (Å²) in [6.07, 6.45) is 3.12. The summed E-state index contributed by atoms with van der Waals surface area (Å²) in [6, 6.07) is 0.220. The van der Waals surface area contributed by atoms with Gasteiger partial charge in [-0.2, -0.15) is 5.10 Å². The number of H-pyrrole nitrogens is 1. The lowest BCUT2D eigenvalue weighted by Crippen LogP contribution is -2.39. The molecule has 0 aliphatic rings. The standard InChI is InChI=1S/C9H14IN3O/c1-6(2)8(3-10)13-9(14)7-4-11-12-5-7/h4-6,8H,3H2,1-2H3,(H,11,12)(H,13,14). The van der Waals surface area contributed by atoms with E-state index in [9.17, 15) is 4.79 Å². The molecule has 1 atom stereocenters. The first-order valence-corrected chi connectivity index (χ1v) is 6.03. The van der Waals surface area contributed by atoms with Crippen LogP contribution in [0.5, 0.6) is 0 Å². The van der Waals surface area contributed by atoms with Crippen molar-refractivity contribution in [2.75, 3.05) is 4.43 Å². The average Bonchev–Trinajstić information content (AvgIpc) is 2.65. The van der Waals surface area contributed by atoms with Crippen molar-refractivity contribution in [2.45, 2.75) is 19.9 Å². The van der Waals surface area contributed by atoms with Crippen LogP contribution in [0.2, 0.25) is 0 Å². The lowest BCUT2D eigenvalue weighted by Gasteiger charge is -2.19. The molecule has 0 aromatic carbocycles. The minimum atomic E-state index is -0.0610. The van der Waals surface area contributed by atoms with Crippen molar-refractivity contribution in [1.82, 2.24) is 15.5 Å². The van der Waals surface area contributed by atoms with Crippen LogP contribution in [0.4, 0.5) is 0 Å². The van der Waals surface area contributed by atoms with Gasteiger partial charge in [-0.3, -0.25) is 9.89 Å². The molecule has 0 saturated heterocycles. The Balaban J connectivity index is 2.56. The van der Waals surface area contributed by atoms with E-state index < -0.39 is 0 Å². The molecule has 1 aromatic rings. The number of rotatable bonds is 4. The summed E-state index contributed by atoms with van der Waals surface area (Å²) in [5.41, 5.74) is 0.584. The van der Waals surface area contributed by atoms with Crippen LogP contribution < -0.4 is 5.32 Å². The van der Waals surface area contributed by atoms with Crippen LogP contribution in [0.15, 0.2) is 12.4 Å². The Hall–Kier alpha value is -0.590. The Labute approximate surface area is 97.0 Å². The molecule has 78 valence electrons. The summed E-state index contributed by atoms with van der Waals surface area (Å²) in [5, 5.41) is 9.31. The highest BCUT2D eigenvalue weighted by Crippen LogP contribution is 2.06. The molecule has 1 amide bonds. The molecule has 4 nitrogen and oxygen atoms in total. The summed E-state index contributed by atoms with van der Waals surface area (Å²) in [5.74, 6) is 0.386. The van der Waals surface area contributed by atoms with Crippen molar-refractivity contribution in [2.24, 2.45) is 5.92 Å². The number of amides is 1. The van der Waals surface area contributed by atoms with Crippen molar-refractivity contribution in [1.29, 1.82) is 0 Å². The van der Waals surface area contributed by atoms with Gasteiger partial charge in [-0.15, -0.1) is 0 Å². The van der Waals surface area contributed by atoms with E-state index in [0.717, 1.165) is 4.43 Å². The van der Waals surface area contributed by atoms with Gasteiger partial charge in [-0.25, -0.2) is 0 Å². The zero-order valence-corrected chi connectivity index (χ0v) is 10.4. The van der Waals surface area contributed by atoms with Gasteiger partial charge < -0.3 is 5.32 Å². The van der Waals surface area contributed by atoms with Crippen LogP contribution >= 0.6 is 22.6 Å². The molecular weight excluding hydrogens is 293 g/mol. The average molecular weight is 307 g/mol. The van der Waals surface area contributed by atoms with Crippen molar-refractivity contribution < 1.29 is 4.79 Å². The summed E-state index contributed by atoms with van der Waals surface area (Å²) >= 11 is 2.28. The molecule has 5 heteroatoms. The third-order valence-corrected chi connectivity index (χ3v) is 3.00. The second kappa shape index (κ2) is 5.33. The largest absolute Gasteiger partial charge is 0.348 e. The fraction of sp³-hybridized carbons (Fsp3) is 0.556. The topological polar surface area (TPSA) is 57.8 Å². The number of nitrogens with one attached hydrogen (secondary N) is 2. The maximum absolute atomic E-state index is 11.6. The van der Waals surface area contributed by atoms with Gasteiger partial charge in [-0.1, -0.05) is 36.4 Å². The molecule has 2 N–H and O–H groups in total. The SMILES string of the molecule is CC(C)C(CI)NC(=O)c1cn[nH]c1. The van der Waals surface area contributed by atoms with Gasteiger partial charge >= 0.3 is 0 Å². The van der Waals surface area contributed by atoms with E-state index in [2.05, 4.69) is 52.0 Å². The molecule has 0 bridgehead atoms. The number of carbonyl (C=O) groups is 1. The third kappa shape index (κ3) is 2.97. The van der Waals surface area contributed by atoms with E-state index in [1.54, 1.807) is 6.20 Å². The highest BCUT2D eigenvalue weighted by Gasteiger charge is 2.15. The van der Waals surface area contributed by atoms with E-state index in [1.807, 2.05) is 0 Å². The first-order chi connectivity index (χ1) is 6.65. The molecule has 1 unspecified atom stereocenters. The number of nitrogens with zero attached hydrogens (tertiary/aromatic N) is 1. The Kier molecular flexibility index (Phi) is 4.37. The molecule has 1 aromatic heterocycles. The summed E-state index contributed by atoms with van der Waals surface area (Å²) < 4.78 is 0.916. The molecule has 1 rings (SSSR count). The molecule has 0 aliphatic heterocycles. The Bertz CT molecular complexity index is 284. The molecule has 0 saturated carbocycles. The lowest BCUT2D eigenvalue weighted by atomic mass is 10.1. The maximum Gasteiger partial charge on any atom is 0.254 e. The summed E-state index contributed by atoms with van der Waals surface area (Å²) in [6.45, 7) is 4.19. The molecule has 0 fully saturated rings. The normalized spacial score (nSPS) is 12.9. The number of aromatic nitrogens is 2. The lowest BCUT2D eigenvalue weighted by molar-refractivity contribution is 0.0932. The van der Waals surface area contributed by atoms with E-state index in [4.69, 9.17) is 0 Å². The van der Waals surface area contributed by atoms with Crippen molar-refractivity contribution in [3.8, 4) is 0 Å². The molecule has 0 aliphatic carbocycles. The zero-order valence-electron chi connectivity index (χ0n) is 8.25. The van der Waals surface area contributed by atoms with E-state index in [-0.39, 0.29) is 11.9 Å². The number of alkyl halides is 1. The van der Waals surface area contributed by atoms with Crippen LogP contribution in [0, 0.1) is 5.92 Å². The number of hydrogen-bond acceptors (Lipinski definition) is 2. The van der Waals surface area contributed by atoms with Gasteiger partial charge in [0.1, 0.15) is 0 Å². The van der Waals surface area contributed by atoms with Gasteiger partial charge in [0.05, 0.1) is 11.8 Å². The minimum Gasteiger partial charge on any atom is -0.348 e. The Morgan fingerprint density at radius 1 is 1.71 bits per heavy atom. The number of aromatic amines is 1. The molecule has 1 heterocycles. The van der Waals surface area contributed by atoms with Gasteiger partial charge in [0.25, 0.3) is 5.91 Å². The highest BCUT2D eigenvalue weighted by atomic mass is 127.